The molecule has 2 heterocycles. The molecular weight excluding hydrogens is 464 g/mol. The number of imidazole rings is 1. The van der Waals surface area contributed by atoms with Gasteiger partial charge in [-0.05, 0) is 48.9 Å². The molecule has 152 valence electrons. The van der Waals surface area contributed by atoms with Crippen molar-refractivity contribution < 1.29 is 4.79 Å². The molecule has 0 saturated carbocycles. The number of rotatable bonds is 7. The van der Waals surface area contributed by atoms with Gasteiger partial charge in [-0.25, -0.2) is 14.6 Å². The van der Waals surface area contributed by atoms with E-state index in [1.165, 1.54) is 18.1 Å². The first-order chi connectivity index (χ1) is 14.6. The summed E-state index contributed by atoms with van der Waals surface area (Å²) in [5, 5.41) is 7.93. The quantitative estimate of drug-likeness (QED) is 0.399. The summed E-state index contributed by atoms with van der Waals surface area (Å²) in [4.78, 5) is 20.8. The first-order valence-corrected chi connectivity index (χ1v) is 11.0. The minimum absolute atomic E-state index is 0.0433. The van der Waals surface area contributed by atoms with Crippen LogP contribution in [0.4, 0.5) is 0 Å². The van der Waals surface area contributed by atoms with Crippen LogP contribution in [0.25, 0.3) is 11.4 Å². The van der Waals surface area contributed by atoms with E-state index in [4.69, 9.17) is 0 Å². The molecule has 2 aromatic carbocycles. The van der Waals surface area contributed by atoms with Crippen molar-refractivity contribution in [3.63, 3.8) is 0 Å². The number of carbonyl (C=O) groups excluding carboxylic acids is 1. The highest BCUT2D eigenvalue weighted by atomic mass is 79.9. The van der Waals surface area contributed by atoms with Gasteiger partial charge in [0.2, 0.25) is 5.91 Å². The summed E-state index contributed by atoms with van der Waals surface area (Å²) >= 11 is 4.85. The first kappa shape index (κ1) is 20.4. The predicted molar refractivity (Wildman–Crippen MR) is 120 cm³/mol. The van der Waals surface area contributed by atoms with Gasteiger partial charge in [-0.2, -0.15) is 5.10 Å². The minimum Gasteiger partial charge on any atom is -0.349 e. The van der Waals surface area contributed by atoms with E-state index in [0.717, 1.165) is 26.6 Å². The molecule has 7 nitrogen and oxygen atoms in total. The number of hydrogen-bond acceptors (Lipinski definition) is 5. The SMILES string of the molecule is CC(NC(=O)CSc1nccn1-c1ccc(Br)cc1)c1ccc(-n2cncn2)cc1. The number of nitrogens with one attached hydrogen (secondary N) is 1. The Labute approximate surface area is 186 Å². The summed E-state index contributed by atoms with van der Waals surface area (Å²) in [6.07, 6.45) is 6.77. The van der Waals surface area contributed by atoms with Crippen LogP contribution in [0.2, 0.25) is 0 Å². The van der Waals surface area contributed by atoms with Gasteiger partial charge in [0.25, 0.3) is 0 Å². The lowest BCUT2D eigenvalue weighted by atomic mass is 10.1. The number of halogens is 1. The van der Waals surface area contributed by atoms with Crippen LogP contribution in [0.3, 0.4) is 0 Å². The largest absolute Gasteiger partial charge is 0.349 e. The maximum Gasteiger partial charge on any atom is 0.230 e. The number of hydrogen-bond donors (Lipinski definition) is 1. The van der Waals surface area contributed by atoms with E-state index >= 15 is 0 Å². The molecule has 30 heavy (non-hydrogen) atoms. The van der Waals surface area contributed by atoms with Gasteiger partial charge >= 0.3 is 0 Å². The van der Waals surface area contributed by atoms with Crippen molar-refractivity contribution in [3.05, 3.63) is 83.6 Å². The summed E-state index contributed by atoms with van der Waals surface area (Å²) in [5.41, 5.74) is 2.94. The molecule has 0 aliphatic heterocycles. The molecule has 0 aliphatic carbocycles. The van der Waals surface area contributed by atoms with Crippen molar-refractivity contribution in [2.24, 2.45) is 0 Å². The van der Waals surface area contributed by atoms with Crippen molar-refractivity contribution >= 4 is 33.6 Å². The van der Waals surface area contributed by atoms with Crippen molar-refractivity contribution in [1.82, 2.24) is 29.6 Å². The number of aromatic nitrogens is 5. The zero-order chi connectivity index (χ0) is 20.9. The Morgan fingerprint density at radius 1 is 1.13 bits per heavy atom. The Kier molecular flexibility index (Phi) is 6.29. The van der Waals surface area contributed by atoms with Crippen molar-refractivity contribution in [2.75, 3.05) is 5.75 Å². The first-order valence-electron chi connectivity index (χ1n) is 9.26. The molecule has 0 fully saturated rings. The van der Waals surface area contributed by atoms with Gasteiger partial charge in [-0.3, -0.25) is 9.36 Å². The number of benzene rings is 2. The topological polar surface area (TPSA) is 77.6 Å². The van der Waals surface area contributed by atoms with Crippen LogP contribution in [-0.4, -0.2) is 36.0 Å². The lowest BCUT2D eigenvalue weighted by Crippen LogP contribution is -2.28. The molecule has 4 aromatic rings. The van der Waals surface area contributed by atoms with E-state index in [1.54, 1.807) is 17.2 Å². The summed E-state index contributed by atoms with van der Waals surface area (Å²) in [6, 6.07) is 15.7. The zero-order valence-electron chi connectivity index (χ0n) is 16.1. The number of carbonyl (C=O) groups is 1. The maximum atomic E-state index is 12.5. The van der Waals surface area contributed by atoms with E-state index in [2.05, 4.69) is 36.3 Å². The molecule has 1 atom stereocenters. The van der Waals surface area contributed by atoms with E-state index in [0.29, 0.717) is 0 Å². The fourth-order valence-electron chi connectivity index (χ4n) is 2.95. The van der Waals surface area contributed by atoms with E-state index in [1.807, 2.05) is 66.2 Å². The Morgan fingerprint density at radius 2 is 1.87 bits per heavy atom. The Balaban J connectivity index is 1.34. The molecular formula is C21H19BrN6OS. The number of thioether (sulfide) groups is 1. The van der Waals surface area contributed by atoms with Crippen LogP contribution in [0, 0.1) is 0 Å². The number of nitrogens with zero attached hydrogens (tertiary/aromatic N) is 5. The Hall–Kier alpha value is -2.91. The van der Waals surface area contributed by atoms with Gasteiger partial charge in [0.1, 0.15) is 12.7 Å². The zero-order valence-corrected chi connectivity index (χ0v) is 18.5. The van der Waals surface area contributed by atoms with Crippen LogP contribution < -0.4 is 5.32 Å². The highest BCUT2D eigenvalue weighted by Crippen LogP contribution is 2.22. The minimum atomic E-state index is -0.103. The standard InChI is InChI=1S/C21H19BrN6OS/c1-15(16-2-6-19(7-3-16)28-14-23-13-25-28)26-20(29)12-30-21-24-10-11-27(21)18-8-4-17(22)5-9-18/h2-11,13-15H,12H2,1H3,(H,26,29). The predicted octanol–water partition coefficient (Wildman–Crippen LogP) is 4.19. The second-order valence-corrected chi connectivity index (χ2v) is 8.42. The fourth-order valence-corrected chi connectivity index (χ4v) is 4.00. The second-order valence-electron chi connectivity index (χ2n) is 6.57. The second kappa shape index (κ2) is 9.27. The van der Waals surface area contributed by atoms with Gasteiger partial charge in [-0.15, -0.1) is 0 Å². The van der Waals surface area contributed by atoms with E-state index in [-0.39, 0.29) is 17.7 Å². The molecule has 0 radical (unpaired) electrons. The third-order valence-corrected chi connectivity index (χ3v) is 5.99. The van der Waals surface area contributed by atoms with Crippen LogP contribution in [0.1, 0.15) is 18.5 Å². The smallest absolute Gasteiger partial charge is 0.230 e. The van der Waals surface area contributed by atoms with Crippen molar-refractivity contribution in [2.45, 2.75) is 18.1 Å². The molecule has 4 rings (SSSR count). The van der Waals surface area contributed by atoms with Crippen molar-refractivity contribution in [1.29, 1.82) is 0 Å². The van der Waals surface area contributed by atoms with Gasteiger partial charge in [0, 0.05) is 22.6 Å². The van der Waals surface area contributed by atoms with Crippen molar-refractivity contribution in [3.8, 4) is 11.4 Å². The monoisotopic (exact) mass is 482 g/mol. The summed E-state index contributed by atoms with van der Waals surface area (Å²) in [5.74, 6) is 0.243. The Bertz CT molecular complexity index is 1110. The molecule has 0 bridgehead atoms. The molecule has 1 amide bonds. The molecule has 9 heteroatoms. The number of amides is 1. The normalized spacial score (nSPS) is 11.9. The highest BCUT2D eigenvalue weighted by Gasteiger charge is 2.13. The van der Waals surface area contributed by atoms with Crippen LogP contribution in [0.5, 0.6) is 0 Å². The van der Waals surface area contributed by atoms with Gasteiger partial charge in [-0.1, -0.05) is 39.8 Å². The summed E-state index contributed by atoms with van der Waals surface area (Å²) < 4.78 is 4.68. The summed E-state index contributed by atoms with van der Waals surface area (Å²) in [7, 11) is 0. The summed E-state index contributed by atoms with van der Waals surface area (Å²) in [6.45, 7) is 1.97. The van der Waals surface area contributed by atoms with Gasteiger partial charge in [0.05, 0.1) is 17.5 Å². The third-order valence-electron chi connectivity index (χ3n) is 4.50. The molecule has 2 aromatic heterocycles. The Morgan fingerprint density at radius 3 is 2.57 bits per heavy atom. The average Bonchev–Trinajstić information content (AvgIpc) is 3.45. The van der Waals surface area contributed by atoms with Gasteiger partial charge in [0.15, 0.2) is 5.16 Å². The van der Waals surface area contributed by atoms with Crippen LogP contribution in [0.15, 0.2) is 83.2 Å². The third kappa shape index (κ3) is 4.80. The molecule has 1 unspecified atom stereocenters. The molecule has 0 saturated heterocycles. The van der Waals surface area contributed by atoms with Crippen LogP contribution in [-0.2, 0) is 4.79 Å². The lowest BCUT2D eigenvalue weighted by Gasteiger charge is -2.15. The highest BCUT2D eigenvalue weighted by molar-refractivity contribution is 9.10. The lowest BCUT2D eigenvalue weighted by molar-refractivity contribution is -0.119. The molecule has 0 aliphatic rings. The van der Waals surface area contributed by atoms with Gasteiger partial charge < -0.3 is 5.32 Å². The van der Waals surface area contributed by atoms with E-state index in [9.17, 15) is 4.79 Å². The molecule has 0 spiro atoms. The average molecular weight is 483 g/mol. The fraction of sp³-hybridized carbons (Fsp3) is 0.143. The maximum absolute atomic E-state index is 12.5. The van der Waals surface area contributed by atoms with Crippen LogP contribution >= 0.6 is 27.7 Å². The van der Waals surface area contributed by atoms with E-state index < -0.39 is 0 Å². The molecule has 1 N–H and O–H groups in total.